The summed E-state index contributed by atoms with van der Waals surface area (Å²) in [7, 11) is 0. The molecule has 0 fully saturated rings. The average Bonchev–Trinajstić information content (AvgIpc) is 2.21. The van der Waals surface area contributed by atoms with Crippen LogP contribution < -0.4 is 11.2 Å². The Morgan fingerprint density at radius 2 is 2.12 bits per heavy atom. The molecule has 0 saturated carbocycles. The molecule has 0 saturated heterocycles. The minimum Gasteiger partial charge on any atom is -0.480 e. The van der Waals surface area contributed by atoms with Crippen molar-refractivity contribution in [2.45, 2.75) is 26.4 Å². The summed E-state index contributed by atoms with van der Waals surface area (Å²) in [5.41, 5.74) is -1.13. The van der Waals surface area contributed by atoms with Crippen molar-refractivity contribution in [3.05, 3.63) is 30.6 Å². The van der Waals surface area contributed by atoms with Gasteiger partial charge in [0, 0.05) is 12.7 Å². The van der Waals surface area contributed by atoms with Crippen molar-refractivity contribution in [2.24, 2.45) is 0 Å². The number of carbonyl (C=O) groups is 1. The van der Waals surface area contributed by atoms with Gasteiger partial charge < -0.3 is 5.11 Å². The molecule has 0 radical (unpaired) electrons. The van der Waals surface area contributed by atoms with Gasteiger partial charge in [-0.05, 0) is 29.0 Å². The maximum Gasteiger partial charge on any atom is 0.331 e. The maximum atomic E-state index is 11.7. The molecule has 0 amide bonds. The van der Waals surface area contributed by atoms with E-state index in [0.717, 1.165) is 11.0 Å². The molecule has 1 rings (SSSR count). The van der Waals surface area contributed by atoms with Crippen molar-refractivity contribution < 1.29 is 9.90 Å². The lowest BCUT2D eigenvalue weighted by Crippen LogP contribution is -2.42. The highest BCUT2D eigenvalue weighted by atomic mass is 127. The van der Waals surface area contributed by atoms with Crippen molar-refractivity contribution in [1.29, 1.82) is 0 Å². The second-order valence-electron chi connectivity index (χ2n) is 3.24. The third-order valence-corrected chi connectivity index (χ3v) is 2.69. The van der Waals surface area contributed by atoms with Gasteiger partial charge >= 0.3 is 11.7 Å². The summed E-state index contributed by atoms with van der Waals surface area (Å²) in [6.45, 7) is 1.76. The molecule has 0 bridgehead atoms. The van der Waals surface area contributed by atoms with Crippen molar-refractivity contribution in [3.8, 4) is 0 Å². The lowest BCUT2D eigenvalue weighted by atomic mass is 10.4. The minimum absolute atomic E-state index is 0.340. The zero-order chi connectivity index (χ0) is 12.3. The van der Waals surface area contributed by atoms with E-state index in [1.54, 1.807) is 22.6 Å². The maximum absolute atomic E-state index is 11.7. The highest BCUT2D eigenvalue weighted by Crippen LogP contribution is 1.95. The lowest BCUT2D eigenvalue weighted by Gasteiger charge is -2.08. The quantitative estimate of drug-likeness (QED) is 0.790. The molecule has 0 aromatic carbocycles. The predicted octanol–water partition coefficient (Wildman–Crippen LogP) is 0.109. The third-order valence-electron chi connectivity index (χ3n) is 1.95. The van der Waals surface area contributed by atoms with Gasteiger partial charge in [-0.15, -0.1) is 0 Å². The molecule has 0 spiro atoms. The molecule has 6 nitrogen and oxygen atoms in total. The molecule has 0 aliphatic heterocycles. The summed E-state index contributed by atoms with van der Waals surface area (Å²) in [5, 5.41) is 8.62. The van der Waals surface area contributed by atoms with E-state index in [9.17, 15) is 14.4 Å². The van der Waals surface area contributed by atoms with Gasteiger partial charge in [-0.25, -0.2) is 9.36 Å². The first-order valence-corrected chi connectivity index (χ1v) is 5.76. The van der Waals surface area contributed by atoms with Crippen molar-refractivity contribution >= 4 is 28.6 Å². The fraction of sp³-hybridized carbons (Fsp3) is 0.444. The number of halogens is 1. The number of carboxylic acids is 1. The minimum atomic E-state index is -1.20. The van der Waals surface area contributed by atoms with Crippen LogP contribution in [0, 0.1) is 3.57 Å². The number of aryl methyl sites for hydroxylation is 1. The van der Waals surface area contributed by atoms with Gasteiger partial charge in [0.25, 0.3) is 5.56 Å². The molecule has 1 heterocycles. The second-order valence-corrected chi connectivity index (χ2v) is 4.40. The Hall–Kier alpha value is -1.12. The van der Waals surface area contributed by atoms with E-state index in [0.29, 0.717) is 10.1 Å². The topological polar surface area (TPSA) is 81.3 Å². The Kier molecular flexibility index (Phi) is 4.27. The summed E-state index contributed by atoms with van der Waals surface area (Å²) >= 11 is 1.79. The van der Waals surface area contributed by atoms with Crippen LogP contribution in [0.1, 0.15) is 13.3 Å². The molecular formula is C9H11IN2O4. The molecule has 0 aliphatic rings. The van der Waals surface area contributed by atoms with Crippen LogP contribution in [-0.2, 0) is 17.9 Å². The SMILES string of the molecule is CCCn1cc(I)c(=O)n(CC(=O)O)c1=O. The van der Waals surface area contributed by atoms with E-state index in [4.69, 9.17) is 5.11 Å². The number of aromatic nitrogens is 2. The Bertz CT molecular complexity index is 517. The molecule has 88 valence electrons. The highest BCUT2D eigenvalue weighted by molar-refractivity contribution is 14.1. The standard InChI is InChI=1S/C9H11IN2O4/c1-2-3-11-4-6(10)8(15)12(9(11)16)5-7(13)14/h4H,2-3,5H2,1H3,(H,13,14). The van der Waals surface area contributed by atoms with E-state index >= 15 is 0 Å². The normalized spacial score (nSPS) is 10.4. The van der Waals surface area contributed by atoms with Gasteiger partial charge in [-0.3, -0.25) is 14.2 Å². The van der Waals surface area contributed by atoms with Crippen LogP contribution >= 0.6 is 22.6 Å². The summed E-state index contributed by atoms with van der Waals surface area (Å²) in [6, 6.07) is 0. The van der Waals surface area contributed by atoms with E-state index in [1.807, 2.05) is 6.92 Å². The highest BCUT2D eigenvalue weighted by Gasteiger charge is 2.11. The van der Waals surface area contributed by atoms with E-state index in [-0.39, 0.29) is 0 Å². The number of hydrogen-bond donors (Lipinski definition) is 1. The zero-order valence-electron chi connectivity index (χ0n) is 8.64. The van der Waals surface area contributed by atoms with Gasteiger partial charge in [-0.1, -0.05) is 6.92 Å². The molecule has 0 aliphatic carbocycles. The monoisotopic (exact) mass is 338 g/mol. The van der Waals surface area contributed by atoms with Gasteiger partial charge in [0.15, 0.2) is 0 Å². The first kappa shape index (κ1) is 12.9. The van der Waals surface area contributed by atoms with Gasteiger partial charge in [0.2, 0.25) is 0 Å². The molecule has 1 aromatic rings. The van der Waals surface area contributed by atoms with Crippen molar-refractivity contribution in [3.63, 3.8) is 0 Å². The molecule has 0 atom stereocenters. The fourth-order valence-corrected chi connectivity index (χ4v) is 1.92. The first-order chi connectivity index (χ1) is 7.47. The number of carboxylic acid groups (broad SMARTS) is 1. The Labute approximate surface area is 105 Å². The van der Waals surface area contributed by atoms with Crippen LogP contribution in [0.15, 0.2) is 15.8 Å². The van der Waals surface area contributed by atoms with E-state index in [1.165, 1.54) is 10.8 Å². The molecule has 1 aromatic heterocycles. The third kappa shape index (κ3) is 2.71. The number of aliphatic carboxylic acids is 1. The summed E-state index contributed by atoms with van der Waals surface area (Å²) in [6.07, 6.45) is 2.19. The molecule has 1 N–H and O–H groups in total. The van der Waals surface area contributed by atoms with Crippen LogP contribution in [-0.4, -0.2) is 20.2 Å². The van der Waals surface area contributed by atoms with Gasteiger partial charge in [0.05, 0.1) is 3.57 Å². The van der Waals surface area contributed by atoms with Crippen LogP contribution in [0.5, 0.6) is 0 Å². The lowest BCUT2D eigenvalue weighted by molar-refractivity contribution is -0.137. The molecule has 7 heteroatoms. The van der Waals surface area contributed by atoms with Crippen molar-refractivity contribution in [2.75, 3.05) is 0 Å². The molecule has 16 heavy (non-hydrogen) atoms. The van der Waals surface area contributed by atoms with Crippen LogP contribution in [0.4, 0.5) is 0 Å². The van der Waals surface area contributed by atoms with Gasteiger partial charge in [-0.2, -0.15) is 0 Å². The number of nitrogens with zero attached hydrogens (tertiary/aromatic N) is 2. The fourth-order valence-electron chi connectivity index (χ4n) is 1.29. The van der Waals surface area contributed by atoms with Gasteiger partial charge in [0.1, 0.15) is 6.54 Å². The Morgan fingerprint density at radius 3 is 2.62 bits per heavy atom. The first-order valence-electron chi connectivity index (χ1n) is 4.69. The smallest absolute Gasteiger partial charge is 0.331 e. The van der Waals surface area contributed by atoms with E-state index in [2.05, 4.69) is 0 Å². The van der Waals surface area contributed by atoms with Crippen LogP contribution in [0.2, 0.25) is 0 Å². The largest absolute Gasteiger partial charge is 0.480 e. The van der Waals surface area contributed by atoms with E-state index < -0.39 is 23.8 Å². The molecular weight excluding hydrogens is 327 g/mol. The zero-order valence-corrected chi connectivity index (χ0v) is 10.8. The summed E-state index contributed by atoms with van der Waals surface area (Å²) in [4.78, 5) is 33.8. The van der Waals surface area contributed by atoms with Crippen molar-refractivity contribution in [1.82, 2.24) is 9.13 Å². The summed E-state index contributed by atoms with van der Waals surface area (Å²) in [5.74, 6) is -1.20. The summed E-state index contributed by atoms with van der Waals surface area (Å²) < 4.78 is 2.43. The average molecular weight is 338 g/mol. The molecule has 0 unspecified atom stereocenters. The number of hydrogen-bond acceptors (Lipinski definition) is 3. The van der Waals surface area contributed by atoms with Crippen LogP contribution in [0.25, 0.3) is 0 Å². The Morgan fingerprint density at radius 1 is 1.50 bits per heavy atom. The van der Waals surface area contributed by atoms with Crippen LogP contribution in [0.3, 0.4) is 0 Å². The predicted molar refractivity (Wildman–Crippen MR) is 65.6 cm³/mol. The second kappa shape index (κ2) is 5.28. The number of rotatable bonds is 4. The Balaban J connectivity index is 3.40.